The minimum absolute atomic E-state index is 0.346. The van der Waals surface area contributed by atoms with Crippen LogP contribution in [-0.2, 0) is 9.84 Å². The van der Waals surface area contributed by atoms with E-state index in [0.29, 0.717) is 16.4 Å². The van der Waals surface area contributed by atoms with Gasteiger partial charge in [0.15, 0.2) is 9.84 Å². The van der Waals surface area contributed by atoms with Crippen molar-refractivity contribution in [1.29, 1.82) is 0 Å². The molecule has 1 aromatic rings. The maximum Gasteiger partial charge on any atom is 0.175 e. The van der Waals surface area contributed by atoms with Crippen LogP contribution in [0.2, 0.25) is 0 Å². The van der Waals surface area contributed by atoms with Gasteiger partial charge in [-0.2, -0.15) is 0 Å². The molecule has 1 aromatic carbocycles. The van der Waals surface area contributed by atoms with Gasteiger partial charge in [0.25, 0.3) is 0 Å². The minimum Gasteiger partial charge on any atom is -0.316 e. The molecular weight excluding hydrogens is 284 g/mol. The Hall–Kier alpha value is -0.910. The number of nitrogens with one attached hydrogen (secondary N) is 1. The van der Waals surface area contributed by atoms with Crippen molar-refractivity contribution >= 4 is 9.84 Å². The standard InChI is InChI=1S/C16H24N2O2S/c1-13(14-3-5-15(6-4-14)21(2,19)20)18-10-8-16(12-18)7-9-17-11-16/h3-6,13,17H,7-12H2,1-2H3. The smallest absolute Gasteiger partial charge is 0.175 e. The summed E-state index contributed by atoms with van der Waals surface area (Å²) in [6.07, 6.45) is 3.80. The summed E-state index contributed by atoms with van der Waals surface area (Å²) in [5.41, 5.74) is 1.67. The minimum atomic E-state index is -3.10. The molecule has 4 nitrogen and oxygen atoms in total. The van der Waals surface area contributed by atoms with Crippen molar-refractivity contribution < 1.29 is 8.42 Å². The lowest BCUT2D eigenvalue weighted by atomic mass is 9.86. The van der Waals surface area contributed by atoms with Gasteiger partial charge in [0.05, 0.1) is 4.90 Å². The third-order valence-electron chi connectivity index (χ3n) is 5.14. The summed E-state index contributed by atoms with van der Waals surface area (Å²) < 4.78 is 23.0. The molecule has 0 aliphatic carbocycles. The average Bonchev–Trinajstić information content (AvgIpc) is 3.08. The predicted molar refractivity (Wildman–Crippen MR) is 84.1 cm³/mol. The molecule has 5 heteroatoms. The normalized spacial score (nSPS) is 28.3. The van der Waals surface area contributed by atoms with Gasteiger partial charge in [-0.05, 0) is 56.0 Å². The third kappa shape index (κ3) is 3.00. The Morgan fingerprint density at radius 2 is 1.95 bits per heavy atom. The lowest BCUT2D eigenvalue weighted by Crippen LogP contribution is -2.30. The van der Waals surface area contributed by atoms with Crippen molar-refractivity contribution in [3.63, 3.8) is 0 Å². The van der Waals surface area contributed by atoms with E-state index < -0.39 is 9.84 Å². The Morgan fingerprint density at radius 3 is 2.52 bits per heavy atom. The van der Waals surface area contributed by atoms with Gasteiger partial charge in [0.2, 0.25) is 0 Å². The Bertz CT molecular complexity index is 604. The van der Waals surface area contributed by atoms with Crippen LogP contribution in [0.1, 0.15) is 31.4 Å². The van der Waals surface area contributed by atoms with E-state index in [0.717, 1.165) is 26.2 Å². The fourth-order valence-electron chi connectivity index (χ4n) is 3.65. The molecule has 21 heavy (non-hydrogen) atoms. The topological polar surface area (TPSA) is 49.4 Å². The summed E-state index contributed by atoms with van der Waals surface area (Å²) in [6, 6.07) is 7.71. The lowest BCUT2D eigenvalue weighted by molar-refractivity contribution is 0.224. The second kappa shape index (κ2) is 5.38. The number of likely N-dealkylation sites (tertiary alicyclic amines) is 1. The molecule has 1 N–H and O–H groups in total. The van der Waals surface area contributed by atoms with Crippen LogP contribution in [0.3, 0.4) is 0 Å². The van der Waals surface area contributed by atoms with E-state index in [1.54, 1.807) is 12.1 Å². The molecule has 0 radical (unpaired) electrons. The molecule has 0 bridgehead atoms. The number of hydrogen-bond donors (Lipinski definition) is 1. The molecule has 0 amide bonds. The quantitative estimate of drug-likeness (QED) is 0.925. The van der Waals surface area contributed by atoms with Crippen molar-refractivity contribution in [3.05, 3.63) is 29.8 Å². The highest BCUT2D eigenvalue weighted by Crippen LogP contribution is 2.39. The molecule has 2 unspecified atom stereocenters. The molecule has 3 rings (SSSR count). The molecule has 2 aliphatic heterocycles. The van der Waals surface area contributed by atoms with Crippen LogP contribution in [0, 0.1) is 5.41 Å². The molecule has 1 spiro atoms. The molecule has 2 aliphatic rings. The first kappa shape index (κ1) is 15.0. The van der Waals surface area contributed by atoms with Crippen molar-refractivity contribution in [1.82, 2.24) is 10.2 Å². The summed E-state index contributed by atoms with van der Waals surface area (Å²) in [5, 5.41) is 3.48. The lowest BCUT2D eigenvalue weighted by Gasteiger charge is -2.27. The Morgan fingerprint density at radius 1 is 1.24 bits per heavy atom. The number of benzene rings is 1. The van der Waals surface area contributed by atoms with Crippen LogP contribution in [0.25, 0.3) is 0 Å². The maximum atomic E-state index is 11.5. The van der Waals surface area contributed by atoms with Gasteiger partial charge in [-0.15, -0.1) is 0 Å². The van der Waals surface area contributed by atoms with Crippen LogP contribution in [0.4, 0.5) is 0 Å². The molecule has 116 valence electrons. The number of sulfone groups is 1. The van der Waals surface area contributed by atoms with Crippen LogP contribution < -0.4 is 5.32 Å². The second-order valence-electron chi connectivity index (χ2n) is 6.66. The summed E-state index contributed by atoms with van der Waals surface area (Å²) in [5.74, 6) is 0. The van der Waals surface area contributed by atoms with E-state index in [1.807, 2.05) is 12.1 Å². The van der Waals surface area contributed by atoms with Gasteiger partial charge in [-0.3, -0.25) is 4.90 Å². The van der Waals surface area contributed by atoms with E-state index in [2.05, 4.69) is 17.1 Å². The van der Waals surface area contributed by atoms with Crippen LogP contribution >= 0.6 is 0 Å². The van der Waals surface area contributed by atoms with Gasteiger partial charge in [-0.1, -0.05) is 12.1 Å². The number of nitrogens with zero attached hydrogens (tertiary/aromatic N) is 1. The van der Waals surface area contributed by atoms with Crippen LogP contribution in [0.5, 0.6) is 0 Å². The molecule has 2 saturated heterocycles. The van der Waals surface area contributed by atoms with Crippen molar-refractivity contribution in [3.8, 4) is 0 Å². The number of rotatable bonds is 3. The largest absolute Gasteiger partial charge is 0.316 e. The summed E-state index contributed by atoms with van der Waals surface area (Å²) in [4.78, 5) is 2.93. The molecule has 2 heterocycles. The van der Waals surface area contributed by atoms with Gasteiger partial charge in [0.1, 0.15) is 0 Å². The molecule has 2 atom stereocenters. The van der Waals surface area contributed by atoms with Crippen molar-refractivity contribution in [2.75, 3.05) is 32.4 Å². The fourth-order valence-corrected chi connectivity index (χ4v) is 4.28. The van der Waals surface area contributed by atoms with Gasteiger partial charge < -0.3 is 5.32 Å². The van der Waals surface area contributed by atoms with Crippen LogP contribution in [0.15, 0.2) is 29.2 Å². The Balaban J connectivity index is 1.72. The monoisotopic (exact) mass is 308 g/mol. The zero-order valence-electron chi connectivity index (χ0n) is 12.8. The SMILES string of the molecule is CC(c1ccc(S(C)(=O)=O)cc1)N1CCC2(CCNC2)C1. The molecule has 2 fully saturated rings. The van der Waals surface area contributed by atoms with E-state index in [9.17, 15) is 8.42 Å². The van der Waals surface area contributed by atoms with Gasteiger partial charge in [0, 0.05) is 25.4 Å². The Kier molecular flexibility index (Phi) is 3.84. The second-order valence-corrected chi connectivity index (χ2v) is 8.68. The van der Waals surface area contributed by atoms with Crippen molar-refractivity contribution in [2.24, 2.45) is 5.41 Å². The zero-order valence-corrected chi connectivity index (χ0v) is 13.6. The summed E-state index contributed by atoms with van der Waals surface area (Å²) >= 11 is 0. The zero-order chi connectivity index (χ0) is 15.1. The van der Waals surface area contributed by atoms with Gasteiger partial charge >= 0.3 is 0 Å². The van der Waals surface area contributed by atoms with E-state index in [-0.39, 0.29) is 0 Å². The first-order valence-electron chi connectivity index (χ1n) is 7.65. The van der Waals surface area contributed by atoms with E-state index in [1.165, 1.54) is 24.7 Å². The fraction of sp³-hybridized carbons (Fsp3) is 0.625. The molecular formula is C16H24N2O2S. The third-order valence-corrected chi connectivity index (χ3v) is 6.27. The highest BCUT2D eigenvalue weighted by Gasteiger charge is 2.41. The maximum absolute atomic E-state index is 11.5. The van der Waals surface area contributed by atoms with Gasteiger partial charge in [-0.25, -0.2) is 8.42 Å². The van der Waals surface area contributed by atoms with E-state index in [4.69, 9.17) is 0 Å². The first-order chi connectivity index (χ1) is 9.90. The highest BCUT2D eigenvalue weighted by atomic mass is 32.2. The summed E-state index contributed by atoms with van der Waals surface area (Å²) in [7, 11) is -3.10. The molecule has 0 saturated carbocycles. The summed E-state index contributed by atoms with van der Waals surface area (Å²) in [6.45, 7) is 6.79. The molecule has 0 aromatic heterocycles. The van der Waals surface area contributed by atoms with Crippen molar-refractivity contribution in [2.45, 2.75) is 30.7 Å². The predicted octanol–water partition coefficient (Wildman–Crippen LogP) is 1.84. The van der Waals surface area contributed by atoms with Crippen LogP contribution in [-0.4, -0.2) is 45.8 Å². The Labute approximate surface area is 127 Å². The number of hydrogen-bond acceptors (Lipinski definition) is 4. The highest BCUT2D eigenvalue weighted by molar-refractivity contribution is 7.90. The average molecular weight is 308 g/mol. The first-order valence-corrected chi connectivity index (χ1v) is 9.54. The van der Waals surface area contributed by atoms with E-state index >= 15 is 0 Å².